The van der Waals surface area contributed by atoms with Gasteiger partial charge >= 0.3 is 0 Å². The van der Waals surface area contributed by atoms with Crippen LogP contribution in [0.4, 0.5) is 17.1 Å². The maximum atomic E-state index is 14.0. The Morgan fingerprint density at radius 3 is 1.65 bits per heavy atom. The fraction of sp³-hybridized carbons (Fsp3) is 0.543. The van der Waals surface area contributed by atoms with Crippen LogP contribution >= 0.6 is 0 Å². The zero-order valence-electron chi connectivity index (χ0n) is 27.4. The molecule has 2 aliphatic heterocycles. The van der Waals surface area contributed by atoms with Crippen molar-refractivity contribution in [2.24, 2.45) is 0 Å². The third-order valence-electron chi connectivity index (χ3n) is 8.60. The summed E-state index contributed by atoms with van der Waals surface area (Å²) in [5, 5.41) is 1.59. The summed E-state index contributed by atoms with van der Waals surface area (Å²) in [6.07, 6.45) is 3.80. The Balaban J connectivity index is 1.20. The van der Waals surface area contributed by atoms with Crippen LogP contribution in [0.2, 0.25) is 0 Å². The van der Waals surface area contributed by atoms with Crippen LogP contribution in [0.25, 0.3) is 10.8 Å². The van der Waals surface area contributed by atoms with Gasteiger partial charge in [-0.25, -0.2) is 8.42 Å². The van der Waals surface area contributed by atoms with Gasteiger partial charge in [-0.15, -0.1) is 0 Å². The molecule has 0 saturated carbocycles. The van der Waals surface area contributed by atoms with Crippen LogP contribution in [0.5, 0.6) is 0 Å². The van der Waals surface area contributed by atoms with Crippen molar-refractivity contribution in [3.8, 4) is 0 Å². The highest BCUT2D eigenvalue weighted by Gasteiger charge is 2.26. The Morgan fingerprint density at radius 1 is 0.565 bits per heavy atom. The smallest absolute Gasteiger partial charge is 0.243 e. The lowest BCUT2D eigenvalue weighted by Gasteiger charge is -2.31. The highest BCUT2D eigenvalue weighted by atomic mass is 32.2. The molecule has 5 rings (SSSR count). The molecule has 0 atom stereocenters. The number of ether oxygens (including phenoxy) is 4. The van der Waals surface area contributed by atoms with Gasteiger partial charge in [0.15, 0.2) is 0 Å². The summed E-state index contributed by atoms with van der Waals surface area (Å²) in [4.78, 5) is 7.07. The summed E-state index contributed by atoms with van der Waals surface area (Å²) in [5.41, 5.74) is 3.41. The van der Waals surface area contributed by atoms with Crippen LogP contribution in [0, 0.1) is 0 Å². The summed E-state index contributed by atoms with van der Waals surface area (Å²) in [6.45, 7) is 7.38. The first-order chi connectivity index (χ1) is 22.4. The van der Waals surface area contributed by atoms with Crippen molar-refractivity contribution >= 4 is 37.9 Å². The van der Waals surface area contributed by atoms with E-state index in [-0.39, 0.29) is 31.2 Å². The number of hydrogen-bond donors (Lipinski definition) is 0. The molecule has 3 aromatic carbocycles. The van der Waals surface area contributed by atoms with Crippen molar-refractivity contribution in [1.82, 2.24) is 4.31 Å². The second-order valence-corrected chi connectivity index (χ2v) is 13.8. The normalized spacial score (nSPS) is 19.4. The van der Waals surface area contributed by atoms with Gasteiger partial charge in [-0.3, -0.25) is 0 Å². The average molecular weight is 655 g/mol. The fourth-order valence-electron chi connectivity index (χ4n) is 6.11. The fourth-order valence-corrected chi connectivity index (χ4v) is 7.72. The Hall–Kier alpha value is -2.93. The molecule has 252 valence electrons. The van der Waals surface area contributed by atoms with E-state index in [2.05, 4.69) is 34.1 Å². The Bertz CT molecular complexity index is 1460. The van der Waals surface area contributed by atoms with Gasteiger partial charge in [0, 0.05) is 81.2 Å². The highest BCUT2D eigenvalue weighted by molar-refractivity contribution is 7.89. The molecular weight excluding hydrogens is 604 g/mol. The van der Waals surface area contributed by atoms with E-state index in [0.29, 0.717) is 45.0 Å². The minimum atomic E-state index is -3.82. The SMILES string of the molecule is CN(C)c1cccc2c(S(=O)(=O)N3CCOCCOCCN(c4cccc(N5CCCCC5)c4)CCOCCOCC3)cccc12. The quantitative estimate of drug-likeness (QED) is 0.396. The van der Waals surface area contributed by atoms with E-state index in [1.54, 1.807) is 12.1 Å². The van der Waals surface area contributed by atoms with Crippen LogP contribution in [0.1, 0.15) is 19.3 Å². The van der Waals surface area contributed by atoms with E-state index in [1.807, 2.05) is 43.3 Å². The van der Waals surface area contributed by atoms with Crippen molar-refractivity contribution in [3.05, 3.63) is 60.7 Å². The minimum absolute atomic E-state index is 0.215. The van der Waals surface area contributed by atoms with Gasteiger partial charge < -0.3 is 33.6 Å². The summed E-state index contributed by atoms with van der Waals surface area (Å²) < 4.78 is 53.1. The lowest BCUT2D eigenvalue weighted by molar-refractivity contribution is 0.0328. The van der Waals surface area contributed by atoms with Crippen molar-refractivity contribution in [2.75, 3.05) is 121 Å². The summed E-state index contributed by atoms with van der Waals surface area (Å²) in [5.74, 6) is 0. The van der Waals surface area contributed by atoms with Crippen LogP contribution in [-0.2, 0) is 29.0 Å². The molecule has 0 amide bonds. The van der Waals surface area contributed by atoms with Crippen LogP contribution < -0.4 is 14.7 Å². The molecule has 2 saturated heterocycles. The minimum Gasteiger partial charge on any atom is -0.378 e. The van der Waals surface area contributed by atoms with Gasteiger partial charge in [-0.2, -0.15) is 4.31 Å². The van der Waals surface area contributed by atoms with E-state index in [4.69, 9.17) is 18.9 Å². The second-order valence-electron chi connectivity index (χ2n) is 11.9. The Kier molecular flexibility index (Phi) is 12.9. The summed E-state index contributed by atoms with van der Waals surface area (Å²) >= 11 is 0. The van der Waals surface area contributed by atoms with Crippen LogP contribution in [0.15, 0.2) is 65.6 Å². The van der Waals surface area contributed by atoms with E-state index in [9.17, 15) is 8.42 Å². The third kappa shape index (κ3) is 9.11. The molecule has 0 aliphatic carbocycles. The molecule has 11 heteroatoms. The maximum Gasteiger partial charge on any atom is 0.243 e. The number of benzene rings is 3. The molecule has 10 nitrogen and oxygen atoms in total. The van der Waals surface area contributed by atoms with Gasteiger partial charge in [-0.05, 0) is 49.6 Å². The molecule has 0 N–H and O–H groups in total. The number of fused-ring (bicyclic) bond motifs is 1. The van der Waals surface area contributed by atoms with Gasteiger partial charge in [0.2, 0.25) is 10.0 Å². The molecule has 2 aliphatic rings. The monoisotopic (exact) mass is 654 g/mol. The first-order valence-electron chi connectivity index (χ1n) is 16.6. The van der Waals surface area contributed by atoms with E-state index < -0.39 is 10.0 Å². The number of anilines is 3. The van der Waals surface area contributed by atoms with Gasteiger partial charge in [0.1, 0.15) is 0 Å². The topological polar surface area (TPSA) is 84.0 Å². The highest BCUT2D eigenvalue weighted by Crippen LogP contribution is 2.32. The Labute approximate surface area is 274 Å². The zero-order valence-corrected chi connectivity index (χ0v) is 28.3. The van der Waals surface area contributed by atoms with Crippen molar-refractivity contribution in [3.63, 3.8) is 0 Å². The van der Waals surface area contributed by atoms with Crippen LogP contribution in [-0.4, -0.2) is 119 Å². The Morgan fingerprint density at radius 2 is 1.07 bits per heavy atom. The predicted molar refractivity (Wildman–Crippen MR) is 185 cm³/mol. The van der Waals surface area contributed by atoms with Gasteiger partial charge in [-0.1, -0.05) is 30.3 Å². The molecule has 0 unspecified atom stereocenters. The number of hydrogen-bond acceptors (Lipinski definition) is 9. The average Bonchev–Trinajstić information content (AvgIpc) is 3.08. The molecule has 46 heavy (non-hydrogen) atoms. The van der Waals surface area contributed by atoms with Crippen molar-refractivity contribution in [2.45, 2.75) is 24.2 Å². The molecule has 2 heterocycles. The second kappa shape index (κ2) is 17.3. The first-order valence-corrected chi connectivity index (χ1v) is 18.0. The van der Waals surface area contributed by atoms with Crippen LogP contribution in [0.3, 0.4) is 0 Å². The lowest BCUT2D eigenvalue weighted by atomic mass is 10.1. The number of piperidine rings is 1. The van der Waals surface area contributed by atoms with Gasteiger partial charge in [0.05, 0.1) is 57.8 Å². The molecular formula is C35H50N4O6S. The summed E-state index contributed by atoms with van der Waals surface area (Å²) in [6, 6.07) is 20.0. The molecule has 0 aromatic heterocycles. The van der Waals surface area contributed by atoms with Crippen molar-refractivity contribution < 1.29 is 27.4 Å². The van der Waals surface area contributed by atoms with E-state index in [1.165, 1.54) is 34.9 Å². The van der Waals surface area contributed by atoms with Gasteiger partial charge in [0.25, 0.3) is 0 Å². The van der Waals surface area contributed by atoms with Crippen molar-refractivity contribution in [1.29, 1.82) is 0 Å². The number of rotatable bonds is 5. The third-order valence-corrected chi connectivity index (χ3v) is 10.6. The predicted octanol–water partition coefficient (Wildman–Crippen LogP) is 4.47. The molecule has 0 spiro atoms. The zero-order chi connectivity index (χ0) is 32.2. The molecule has 2 fully saturated rings. The number of nitrogens with zero attached hydrogens (tertiary/aromatic N) is 4. The molecule has 0 bridgehead atoms. The lowest BCUT2D eigenvalue weighted by Crippen LogP contribution is -2.37. The standard InChI is InChI=1S/C35H50N4O6S/c1-36(2)34-13-7-12-33-32(34)11-8-14-35(33)46(40,41)39-19-23-44-27-25-42-21-17-38(18-22-43-26-28-45-24-20-39)31-10-6-9-30(29-31)37-15-4-3-5-16-37/h6-14,29H,3-5,15-28H2,1-2H3. The van der Waals surface area contributed by atoms with E-state index in [0.717, 1.165) is 37.3 Å². The summed E-state index contributed by atoms with van der Waals surface area (Å²) in [7, 11) is 0.0939. The first kappa shape index (κ1) is 34.4. The molecule has 3 aromatic rings. The van der Waals surface area contributed by atoms with E-state index >= 15 is 0 Å². The number of sulfonamides is 1. The maximum absolute atomic E-state index is 14.0. The largest absolute Gasteiger partial charge is 0.378 e. The molecule has 0 radical (unpaired) electrons.